The number of aryl methyl sites for hydroxylation is 1. The van der Waals surface area contributed by atoms with Crippen molar-refractivity contribution in [2.75, 3.05) is 46.0 Å². The lowest BCUT2D eigenvalue weighted by molar-refractivity contribution is -0.142. The Bertz CT molecular complexity index is 708. The standard InChI is InChI=1S/C21H28N2O4/c1-16-5-4-6-17(11-16)20(25)23-14-21(15-23)18(7-10-27-21)12-26-13-19(24)22-8-2-3-9-22/h4-6,11,18H,2-3,7-10,12-15H2,1H3/t18-/m1/s1. The minimum absolute atomic E-state index is 0.0590. The lowest BCUT2D eigenvalue weighted by Gasteiger charge is -2.50. The number of hydrogen-bond acceptors (Lipinski definition) is 4. The summed E-state index contributed by atoms with van der Waals surface area (Å²) in [5, 5.41) is 0. The molecule has 3 fully saturated rings. The fraction of sp³-hybridized carbons (Fsp3) is 0.619. The zero-order chi connectivity index (χ0) is 18.9. The zero-order valence-corrected chi connectivity index (χ0v) is 16.0. The maximum atomic E-state index is 12.7. The van der Waals surface area contributed by atoms with Gasteiger partial charge in [-0.15, -0.1) is 0 Å². The Labute approximate surface area is 160 Å². The Kier molecular flexibility index (Phi) is 5.19. The van der Waals surface area contributed by atoms with Crippen molar-refractivity contribution in [3.8, 4) is 0 Å². The van der Waals surface area contributed by atoms with E-state index >= 15 is 0 Å². The van der Waals surface area contributed by atoms with E-state index in [1.54, 1.807) is 0 Å². The van der Waals surface area contributed by atoms with Crippen molar-refractivity contribution in [1.82, 2.24) is 9.80 Å². The highest BCUT2D eigenvalue weighted by Crippen LogP contribution is 2.40. The summed E-state index contributed by atoms with van der Waals surface area (Å²) in [6.07, 6.45) is 3.11. The van der Waals surface area contributed by atoms with Crippen molar-refractivity contribution in [1.29, 1.82) is 0 Å². The van der Waals surface area contributed by atoms with Crippen LogP contribution in [0.4, 0.5) is 0 Å². The van der Waals surface area contributed by atoms with Gasteiger partial charge in [0.2, 0.25) is 5.91 Å². The van der Waals surface area contributed by atoms with Crippen LogP contribution in [0.5, 0.6) is 0 Å². The molecule has 3 saturated heterocycles. The SMILES string of the molecule is Cc1cccc(C(=O)N2CC3(C2)OCC[C@@H]3COCC(=O)N2CCCC2)c1. The molecule has 0 radical (unpaired) electrons. The van der Waals surface area contributed by atoms with Gasteiger partial charge in [-0.2, -0.15) is 0 Å². The van der Waals surface area contributed by atoms with E-state index in [-0.39, 0.29) is 29.9 Å². The number of amides is 2. The summed E-state index contributed by atoms with van der Waals surface area (Å²) in [4.78, 5) is 28.5. The fourth-order valence-electron chi connectivity index (χ4n) is 4.42. The Morgan fingerprint density at radius 3 is 2.74 bits per heavy atom. The first-order chi connectivity index (χ1) is 13.1. The number of rotatable bonds is 5. The molecule has 4 rings (SSSR count). The van der Waals surface area contributed by atoms with E-state index in [2.05, 4.69) is 0 Å². The molecule has 27 heavy (non-hydrogen) atoms. The number of ether oxygens (including phenoxy) is 2. The highest BCUT2D eigenvalue weighted by Gasteiger charge is 2.54. The third-order valence-electron chi connectivity index (χ3n) is 6.07. The van der Waals surface area contributed by atoms with Gasteiger partial charge in [-0.05, 0) is 38.3 Å². The molecule has 1 spiro atoms. The summed E-state index contributed by atoms with van der Waals surface area (Å²) >= 11 is 0. The fourth-order valence-corrected chi connectivity index (χ4v) is 4.42. The monoisotopic (exact) mass is 372 g/mol. The molecule has 0 saturated carbocycles. The number of nitrogens with zero attached hydrogens (tertiary/aromatic N) is 2. The van der Waals surface area contributed by atoms with E-state index in [9.17, 15) is 9.59 Å². The van der Waals surface area contributed by atoms with E-state index in [0.717, 1.165) is 43.5 Å². The largest absolute Gasteiger partial charge is 0.371 e. The van der Waals surface area contributed by atoms with Gasteiger partial charge in [0.05, 0.1) is 19.7 Å². The van der Waals surface area contributed by atoms with Crippen LogP contribution in [0.1, 0.15) is 35.2 Å². The van der Waals surface area contributed by atoms with E-state index in [1.165, 1.54) is 0 Å². The summed E-state index contributed by atoms with van der Waals surface area (Å²) in [6.45, 7) is 6.28. The average molecular weight is 372 g/mol. The van der Waals surface area contributed by atoms with Crippen molar-refractivity contribution >= 4 is 11.8 Å². The molecule has 0 aliphatic carbocycles. The number of likely N-dealkylation sites (tertiary alicyclic amines) is 2. The maximum Gasteiger partial charge on any atom is 0.254 e. The summed E-state index contributed by atoms with van der Waals surface area (Å²) < 4.78 is 11.8. The van der Waals surface area contributed by atoms with Crippen LogP contribution in [0.15, 0.2) is 24.3 Å². The molecule has 1 atom stereocenters. The third kappa shape index (κ3) is 3.73. The third-order valence-corrected chi connectivity index (χ3v) is 6.07. The van der Waals surface area contributed by atoms with Gasteiger partial charge in [-0.25, -0.2) is 0 Å². The van der Waals surface area contributed by atoms with Crippen LogP contribution < -0.4 is 0 Å². The zero-order valence-electron chi connectivity index (χ0n) is 16.0. The highest BCUT2D eigenvalue weighted by molar-refractivity contribution is 5.95. The van der Waals surface area contributed by atoms with Crippen LogP contribution >= 0.6 is 0 Å². The van der Waals surface area contributed by atoms with Gasteiger partial charge in [0, 0.05) is 31.2 Å². The Balaban J connectivity index is 1.27. The molecule has 0 N–H and O–H groups in total. The van der Waals surface area contributed by atoms with Crippen molar-refractivity contribution < 1.29 is 19.1 Å². The molecule has 1 aromatic rings. The molecular weight excluding hydrogens is 344 g/mol. The van der Waals surface area contributed by atoms with Crippen LogP contribution in [0, 0.1) is 12.8 Å². The van der Waals surface area contributed by atoms with Gasteiger partial charge in [0.1, 0.15) is 12.2 Å². The quantitative estimate of drug-likeness (QED) is 0.792. The lowest BCUT2D eigenvalue weighted by atomic mass is 9.81. The molecule has 0 bridgehead atoms. The number of carbonyl (C=O) groups excluding carboxylic acids is 2. The van der Waals surface area contributed by atoms with Gasteiger partial charge >= 0.3 is 0 Å². The van der Waals surface area contributed by atoms with Gasteiger partial charge in [0.15, 0.2) is 0 Å². The predicted octanol–water partition coefficient (Wildman–Crippen LogP) is 1.87. The molecule has 2 amide bonds. The average Bonchev–Trinajstić information content (AvgIpc) is 3.30. The Morgan fingerprint density at radius 1 is 1.22 bits per heavy atom. The molecule has 1 aromatic carbocycles. The normalized spacial score (nSPS) is 23.7. The second-order valence-electron chi connectivity index (χ2n) is 8.03. The summed E-state index contributed by atoms with van der Waals surface area (Å²) in [5.74, 6) is 0.388. The summed E-state index contributed by atoms with van der Waals surface area (Å²) in [7, 11) is 0. The minimum atomic E-state index is -0.295. The van der Waals surface area contributed by atoms with E-state index in [1.807, 2.05) is 41.0 Å². The summed E-state index contributed by atoms with van der Waals surface area (Å²) in [6, 6.07) is 7.69. The van der Waals surface area contributed by atoms with Crippen molar-refractivity contribution in [3.05, 3.63) is 35.4 Å². The Hall–Kier alpha value is -1.92. The van der Waals surface area contributed by atoms with Crippen LogP contribution in [-0.4, -0.2) is 73.2 Å². The van der Waals surface area contributed by atoms with Crippen LogP contribution in [0.3, 0.4) is 0 Å². The number of carbonyl (C=O) groups is 2. The van der Waals surface area contributed by atoms with Gasteiger partial charge in [-0.3, -0.25) is 9.59 Å². The first-order valence-corrected chi connectivity index (χ1v) is 9.93. The number of hydrogen-bond donors (Lipinski definition) is 0. The van der Waals surface area contributed by atoms with Crippen molar-refractivity contribution in [3.63, 3.8) is 0 Å². The van der Waals surface area contributed by atoms with Crippen molar-refractivity contribution in [2.24, 2.45) is 5.92 Å². The van der Waals surface area contributed by atoms with Crippen LogP contribution in [-0.2, 0) is 14.3 Å². The lowest BCUT2D eigenvalue weighted by Crippen LogP contribution is -2.66. The second-order valence-corrected chi connectivity index (χ2v) is 8.03. The topological polar surface area (TPSA) is 59.1 Å². The van der Waals surface area contributed by atoms with Gasteiger partial charge < -0.3 is 19.3 Å². The predicted molar refractivity (Wildman–Crippen MR) is 101 cm³/mol. The van der Waals surface area contributed by atoms with Crippen molar-refractivity contribution in [2.45, 2.75) is 31.8 Å². The van der Waals surface area contributed by atoms with E-state index in [0.29, 0.717) is 26.3 Å². The summed E-state index contributed by atoms with van der Waals surface area (Å²) in [5.41, 5.74) is 1.52. The molecule has 3 heterocycles. The molecule has 3 aliphatic heterocycles. The molecule has 6 heteroatoms. The smallest absolute Gasteiger partial charge is 0.254 e. The second kappa shape index (κ2) is 7.60. The molecule has 3 aliphatic rings. The Morgan fingerprint density at radius 2 is 2.00 bits per heavy atom. The molecule has 0 aromatic heterocycles. The van der Waals surface area contributed by atoms with E-state index < -0.39 is 0 Å². The van der Waals surface area contributed by atoms with Gasteiger partial charge in [-0.1, -0.05) is 17.7 Å². The molecule has 146 valence electrons. The minimum Gasteiger partial charge on any atom is -0.371 e. The highest BCUT2D eigenvalue weighted by atomic mass is 16.5. The maximum absolute atomic E-state index is 12.7. The molecule has 6 nitrogen and oxygen atoms in total. The van der Waals surface area contributed by atoms with Gasteiger partial charge in [0.25, 0.3) is 5.91 Å². The first kappa shape index (κ1) is 18.4. The van der Waals surface area contributed by atoms with Crippen LogP contribution in [0.2, 0.25) is 0 Å². The first-order valence-electron chi connectivity index (χ1n) is 9.93. The molecule has 0 unspecified atom stereocenters. The van der Waals surface area contributed by atoms with Crippen LogP contribution in [0.25, 0.3) is 0 Å². The molecular formula is C21H28N2O4. The van der Waals surface area contributed by atoms with E-state index in [4.69, 9.17) is 9.47 Å². The number of benzene rings is 1.